The van der Waals surface area contributed by atoms with Crippen molar-refractivity contribution in [1.82, 2.24) is 10.3 Å². The summed E-state index contributed by atoms with van der Waals surface area (Å²) in [5.74, 6) is 0.0123. The number of carbonyl (C=O) groups excluding carboxylic acids is 1. The van der Waals surface area contributed by atoms with E-state index in [2.05, 4.69) is 10.3 Å². The quantitative estimate of drug-likeness (QED) is 0.911. The predicted molar refractivity (Wildman–Crippen MR) is 76.1 cm³/mol. The molecule has 0 atom stereocenters. The van der Waals surface area contributed by atoms with Crippen molar-refractivity contribution >= 4 is 17.5 Å². The number of hydrogen-bond acceptors (Lipinski definition) is 2. The molecule has 2 rings (SSSR count). The molecule has 0 bridgehead atoms. The third-order valence-electron chi connectivity index (χ3n) is 2.71. The Balaban J connectivity index is 1.74. The summed E-state index contributed by atoms with van der Waals surface area (Å²) in [5.41, 5.74) is 1.94. The fourth-order valence-electron chi connectivity index (χ4n) is 1.73. The van der Waals surface area contributed by atoms with Gasteiger partial charge in [-0.3, -0.25) is 9.78 Å². The van der Waals surface area contributed by atoms with Crippen molar-refractivity contribution in [1.29, 1.82) is 0 Å². The Labute approximate surface area is 117 Å². The van der Waals surface area contributed by atoms with Gasteiger partial charge in [0, 0.05) is 29.9 Å². The van der Waals surface area contributed by atoms with E-state index < -0.39 is 0 Å². The second-order valence-corrected chi connectivity index (χ2v) is 4.66. The van der Waals surface area contributed by atoms with Gasteiger partial charge in [0.25, 0.3) is 0 Å². The van der Waals surface area contributed by atoms with Gasteiger partial charge < -0.3 is 5.32 Å². The predicted octanol–water partition coefficient (Wildman–Crippen LogP) is 2.64. The lowest BCUT2D eigenvalue weighted by atomic mass is 10.1. The first kappa shape index (κ1) is 13.6. The highest BCUT2D eigenvalue weighted by atomic mass is 35.5. The van der Waals surface area contributed by atoms with Gasteiger partial charge in [0.05, 0.1) is 6.42 Å². The van der Waals surface area contributed by atoms with E-state index in [1.807, 2.05) is 30.3 Å². The molecule has 1 aromatic carbocycles. The number of nitrogens with zero attached hydrogens (tertiary/aromatic N) is 1. The Kier molecular flexibility index (Phi) is 4.93. The highest BCUT2D eigenvalue weighted by Crippen LogP contribution is 2.09. The number of aromatic nitrogens is 1. The molecule has 0 aliphatic carbocycles. The SMILES string of the molecule is O=C(Cc1ccc(Cl)cc1)NCCc1ccccn1. The van der Waals surface area contributed by atoms with E-state index in [1.165, 1.54) is 0 Å². The summed E-state index contributed by atoms with van der Waals surface area (Å²) in [7, 11) is 0. The van der Waals surface area contributed by atoms with Gasteiger partial charge in [-0.1, -0.05) is 29.8 Å². The molecule has 0 radical (unpaired) electrons. The van der Waals surface area contributed by atoms with Crippen molar-refractivity contribution in [3.63, 3.8) is 0 Å². The number of hydrogen-bond donors (Lipinski definition) is 1. The van der Waals surface area contributed by atoms with Crippen molar-refractivity contribution in [3.05, 3.63) is 64.9 Å². The maximum absolute atomic E-state index is 11.7. The van der Waals surface area contributed by atoms with Gasteiger partial charge in [0.2, 0.25) is 5.91 Å². The van der Waals surface area contributed by atoms with Crippen molar-refractivity contribution in [2.24, 2.45) is 0 Å². The van der Waals surface area contributed by atoms with Crippen LogP contribution in [-0.4, -0.2) is 17.4 Å². The molecule has 1 amide bonds. The van der Waals surface area contributed by atoms with E-state index in [0.717, 1.165) is 17.7 Å². The van der Waals surface area contributed by atoms with E-state index >= 15 is 0 Å². The van der Waals surface area contributed by atoms with Crippen molar-refractivity contribution in [3.8, 4) is 0 Å². The summed E-state index contributed by atoms with van der Waals surface area (Å²) < 4.78 is 0. The Morgan fingerprint density at radius 2 is 1.95 bits per heavy atom. The summed E-state index contributed by atoms with van der Waals surface area (Å²) in [6, 6.07) is 13.1. The number of halogens is 1. The molecule has 4 heteroatoms. The zero-order valence-corrected chi connectivity index (χ0v) is 11.2. The van der Waals surface area contributed by atoms with Gasteiger partial charge in [-0.25, -0.2) is 0 Å². The molecule has 0 aliphatic heterocycles. The van der Waals surface area contributed by atoms with Crippen LogP contribution in [0, 0.1) is 0 Å². The Morgan fingerprint density at radius 1 is 1.16 bits per heavy atom. The lowest BCUT2D eigenvalue weighted by Gasteiger charge is -2.05. The second-order valence-electron chi connectivity index (χ2n) is 4.22. The minimum Gasteiger partial charge on any atom is -0.355 e. The molecule has 0 fully saturated rings. The molecule has 1 heterocycles. The molecule has 19 heavy (non-hydrogen) atoms. The summed E-state index contributed by atoms with van der Waals surface area (Å²) in [6.07, 6.45) is 2.87. The molecule has 1 N–H and O–H groups in total. The first-order valence-electron chi connectivity index (χ1n) is 6.15. The second kappa shape index (κ2) is 6.90. The molecule has 0 unspecified atom stereocenters. The van der Waals surface area contributed by atoms with Crippen LogP contribution in [0.25, 0.3) is 0 Å². The lowest BCUT2D eigenvalue weighted by molar-refractivity contribution is -0.120. The van der Waals surface area contributed by atoms with Crippen LogP contribution >= 0.6 is 11.6 Å². The van der Waals surface area contributed by atoms with Gasteiger partial charge >= 0.3 is 0 Å². The van der Waals surface area contributed by atoms with Crippen molar-refractivity contribution < 1.29 is 4.79 Å². The Hall–Kier alpha value is -1.87. The zero-order valence-electron chi connectivity index (χ0n) is 10.5. The Bertz CT molecular complexity index is 526. The molecule has 0 spiro atoms. The van der Waals surface area contributed by atoms with Gasteiger partial charge in [0.15, 0.2) is 0 Å². The highest BCUT2D eigenvalue weighted by molar-refractivity contribution is 6.30. The standard InChI is InChI=1S/C15H15ClN2O/c16-13-6-4-12(5-7-13)11-15(19)18-10-8-14-3-1-2-9-17-14/h1-7,9H,8,10-11H2,(H,18,19). The third kappa shape index (κ3) is 4.72. The molecular formula is C15H15ClN2O. The minimum atomic E-state index is 0.0123. The molecule has 3 nitrogen and oxygen atoms in total. The maximum atomic E-state index is 11.7. The number of pyridine rings is 1. The van der Waals surface area contributed by atoms with E-state index in [4.69, 9.17) is 11.6 Å². The van der Waals surface area contributed by atoms with Gasteiger partial charge in [-0.15, -0.1) is 0 Å². The van der Waals surface area contributed by atoms with Crippen LogP contribution in [0.2, 0.25) is 5.02 Å². The topological polar surface area (TPSA) is 42.0 Å². The third-order valence-corrected chi connectivity index (χ3v) is 2.96. The number of carbonyl (C=O) groups is 1. The number of rotatable bonds is 5. The molecule has 2 aromatic rings. The van der Waals surface area contributed by atoms with Crippen LogP contribution in [0.4, 0.5) is 0 Å². The molecule has 98 valence electrons. The summed E-state index contributed by atoms with van der Waals surface area (Å²) in [4.78, 5) is 15.9. The maximum Gasteiger partial charge on any atom is 0.224 e. The number of benzene rings is 1. The normalized spacial score (nSPS) is 10.2. The van der Waals surface area contributed by atoms with Crippen LogP contribution in [-0.2, 0) is 17.6 Å². The Morgan fingerprint density at radius 3 is 2.63 bits per heavy atom. The monoisotopic (exact) mass is 274 g/mol. The summed E-state index contributed by atoms with van der Waals surface area (Å²) in [6.45, 7) is 0.601. The molecule has 0 saturated heterocycles. The molecule has 0 aliphatic rings. The van der Waals surface area contributed by atoms with Crippen LogP contribution in [0.15, 0.2) is 48.7 Å². The first-order valence-corrected chi connectivity index (χ1v) is 6.53. The van der Waals surface area contributed by atoms with E-state index in [0.29, 0.717) is 18.0 Å². The van der Waals surface area contributed by atoms with Crippen LogP contribution in [0.1, 0.15) is 11.3 Å². The number of nitrogens with one attached hydrogen (secondary N) is 1. The largest absolute Gasteiger partial charge is 0.355 e. The average Bonchev–Trinajstić information content (AvgIpc) is 2.43. The van der Waals surface area contributed by atoms with E-state index in [1.54, 1.807) is 18.3 Å². The van der Waals surface area contributed by atoms with Gasteiger partial charge in [0.1, 0.15) is 0 Å². The summed E-state index contributed by atoms with van der Waals surface area (Å²) in [5, 5.41) is 3.56. The first-order chi connectivity index (χ1) is 9.24. The van der Waals surface area contributed by atoms with Crippen LogP contribution in [0.3, 0.4) is 0 Å². The van der Waals surface area contributed by atoms with Crippen LogP contribution < -0.4 is 5.32 Å². The fourth-order valence-corrected chi connectivity index (χ4v) is 1.85. The van der Waals surface area contributed by atoms with E-state index in [9.17, 15) is 4.79 Å². The molecular weight excluding hydrogens is 260 g/mol. The zero-order chi connectivity index (χ0) is 13.5. The lowest BCUT2D eigenvalue weighted by Crippen LogP contribution is -2.27. The van der Waals surface area contributed by atoms with E-state index in [-0.39, 0.29) is 5.91 Å². The van der Waals surface area contributed by atoms with Gasteiger partial charge in [-0.2, -0.15) is 0 Å². The smallest absolute Gasteiger partial charge is 0.224 e. The average molecular weight is 275 g/mol. The fraction of sp³-hybridized carbons (Fsp3) is 0.200. The highest BCUT2D eigenvalue weighted by Gasteiger charge is 2.03. The number of amides is 1. The molecule has 1 aromatic heterocycles. The molecule has 0 saturated carbocycles. The summed E-state index contributed by atoms with van der Waals surface area (Å²) >= 11 is 5.79. The van der Waals surface area contributed by atoms with Crippen LogP contribution in [0.5, 0.6) is 0 Å². The van der Waals surface area contributed by atoms with Crippen molar-refractivity contribution in [2.75, 3.05) is 6.54 Å². The minimum absolute atomic E-state index is 0.0123. The van der Waals surface area contributed by atoms with Crippen molar-refractivity contribution in [2.45, 2.75) is 12.8 Å². The van der Waals surface area contributed by atoms with Gasteiger partial charge in [-0.05, 0) is 29.8 Å².